The lowest BCUT2D eigenvalue weighted by Gasteiger charge is -2.22. The molecule has 0 fully saturated rings. The fourth-order valence-electron chi connectivity index (χ4n) is 2.29. The maximum atomic E-state index is 6.43. The lowest BCUT2D eigenvalue weighted by atomic mass is 9.97. The third kappa shape index (κ3) is 3.34. The molecule has 2 aromatic rings. The molecule has 0 aliphatic carbocycles. The van der Waals surface area contributed by atoms with E-state index in [1.165, 1.54) is 0 Å². The van der Waals surface area contributed by atoms with Crippen molar-refractivity contribution in [1.82, 2.24) is 5.32 Å². The maximum Gasteiger partial charge on any atom is 0.124 e. The Labute approximate surface area is 138 Å². The van der Waals surface area contributed by atoms with Gasteiger partial charge in [-0.3, -0.25) is 0 Å². The monoisotopic (exact) mass is 369 g/mol. The van der Waals surface area contributed by atoms with Crippen LogP contribution in [0.2, 0.25) is 5.02 Å². The first kappa shape index (κ1) is 16.1. The quantitative estimate of drug-likeness (QED) is 0.844. The van der Waals surface area contributed by atoms with Gasteiger partial charge in [0.1, 0.15) is 11.5 Å². The summed E-state index contributed by atoms with van der Waals surface area (Å²) < 4.78 is 11.6. The topological polar surface area (TPSA) is 30.5 Å². The Morgan fingerprint density at radius 2 is 1.86 bits per heavy atom. The Balaban J connectivity index is 2.57. The molecule has 0 aromatic heterocycles. The molecule has 2 aromatic carbocycles. The lowest BCUT2D eigenvalue weighted by Crippen LogP contribution is -2.19. The molecule has 112 valence electrons. The summed E-state index contributed by atoms with van der Waals surface area (Å²) in [5.41, 5.74) is 1.94. The number of hydrogen-bond donors (Lipinski definition) is 1. The van der Waals surface area contributed by atoms with E-state index in [9.17, 15) is 0 Å². The van der Waals surface area contributed by atoms with E-state index in [0.29, 0.717) is 5.02 Å². The highest BCUT2D eigenvalue weighted by Crippen LogP contribution is 2.37. The fourth-order valence-corrected chi connectivity index (χ4v) is 2.90. The molecule has 3 nitrogen and oxygen atoms in total. The Kier molecular flexibility index (Phi) is 5.51. The highest BCUT2D eigenvalue weighted by molar-refractivity contribution is 9.10. The van der Waals surface area contributed by atoms with Crippen LogP contribution >= 0.6 is 27.5 Å². The number of halogens is 2. The van der Waals surface area contributed by atoms with Crippen molar-refractivity contribution in [3.05, 3.63) is 57.0 Å². The minimum atomic E-state index is -0.0972. The minimum Gasteiger partial charge on any atom is -0.497 e. The van der Waals surface area contributed by atoms with Gasteiger partial charge in [0.15, 0.2) is 0 Å². The van der Waals surface area contributed by atoms with Crippen molar-refractivity contribution in [2.24, 2.45) is 0 Å². The summed E-state index contributed by atoms with van der Waals surface area (Å²) in [6.07, 6.45) is 0. The second-order valence-corrected chi connectivity index (χ2v) is 5.70. The average Bonchev–Trinajstić information content (AvgIpc) is 2.52. The van der Waals surface area contributed by atoms with Crippen LogP contribution < -0.4 is 14.8 Å². The van der Waals surface area contributed by atoms with Crippen molar-refractivity contribution in [2.75, 3.05) is 21.3 Å². The Bertz CT molecular complexity index is 634. The van der Waals surface area contributed by atoms with Crippen LogP contribution in [0.3, 0.4) is 0 Å². The Hall–Kier alpha value is -1.23. The Morgan fingerprint density at radius 1 is 1.10 bits per heavy atom. The van der Waals surface area contributed by atoms with Gasteiger partial charge in [-0.2, -0.15) is 0 Å². The van der Waals surface area contributed by atoms with Crippen LogP contribution in [0.4, 0.5) is 0 Å². The smallest absolute Gasteiger partial charge is 0.124 e. The zero-order valence-electron chi connectivity index (χ0n) is 12.1. The molecule has 0 aliphatic heterocycles. The van der Waals surface area contributed by atoms with Crippen molar-refractivity contribution in [3.63, 3.8) is 0 Å². The molecule has 2 rings (SSSR count). The largest absolute Gasteiger partial charge is 0.497 e. The zero-order chi connectivity index (χ0) is 15.4. The van der Waals surface area contributed by atoms with Gasteiger partial charge in [-0.25, -0.2) is 0 Å². The molecule has 0 heterocycles. The van der Waals surface area contributed by atoms with E-state index in [1.54, 1.807) is 14.2 Å². The minimum absolute atomic E-state index is 0.0972. The summed E-state index contributed by atoms with van der Waals surface area (Å²) in [5.74, 6) is 1.56. The normalized spacial score (nSPS) is 12.0. The lowest BCUT2D eigenvalue weighted by molar-refractivity contribution is 0.395. The first-order valence-corrected chi connectivity index (χ1v) is 7.62. The van der Waals surface area contributed by atoms with Gasteiger partial charge in [-0.1, -0.05) is 23.7 Å². The molecule has 0 radical (unpaired) electrons. The summed E-state index contributed by atoms with van der Waals surface area (Å²) in [4.78, 5) is 0. The molecule has 0 spiro atoms. The van der Waals surface area contributed by atoms with Gasteiger partial charge in [-0.15, -0.1) is 0 Å². The molecule has 0 aliphatic rings. The molecule has 0 bridgehead atoms. The summed E-state index contributed by atoms with van der Waals surface area (Å²) >= 11 is 9.89. The van der Waals surface area contributed by atoms with E-state index < -0.39 is 0 Å². The first-order chi connectivity index (χ1) is 10.1. The number of nitrogens with one attached hydrogen (secondary N) is 1. The summed E-state index contributed by atoms with van der Waals surface area (Å²) in [7, 11) is 5.19. The SMILES string of the molecule is CNC(c1cc(OC)ccc1OC)c1cccc(Br)c1Cl. The van der Waals surface area contributed by atoms with Crippen molar-refractivity contribution < 1.29 is 9.47 Å². The van der Waals surface area contributed by atoms with E-state index in [1.807, 2.05) is 43.4 Å². The third-order valence-corrected chi connectivity index (χ3v) is 4.64. The second-order valence-electron chi connectivity index (χ2n) is 4.47. The number of ether oxygens (including phenoxy) is 2. The number of benzene rings is 2. The number of rotatable bonds is 5. The van der Waals surface area contributed by atoms with Crippen LogP contribution in [0.1, 0.15) is 17.2 Å². The fraction of sp³-hybridized carbons (Fsp3) is 0.250. The van der Waals surface area contributed by atoms with Gasteiger partial charge < -0.3 is 14.8 Å². The molecule has 21 heavy (non-hydrogen) atoms. The summed E-state index contributed by atoms with van der Waals surface area (Å²) in [6.45, 7) is 0. The van der Waals surface area contributed by atoms with E-state index in [2.05, 4.69) is 21.2 Å². The van der Waals surface area contributed by atoms with Gasteiger partial charge in [0, 0.05) is 10.0 Å². The number of hydrogen-bond acceptors (Lipinski definition) is 3. The average molecular weight is 371 g/mol. The molecule has 0 saturated carbocycles. The van der Waals surface area contributed by atoms with Crippen LogP contribution in [0, 0.1) is 0 Å². The standard InChI is InChI=1S/C16H17BrClNO2/c1-19-16(11-5-4-6-13(17)15(11)18)12-9-10(20-2)7-8-14(12)21-3/h4-9,16,19H,1-3H3. The third-order valence-electron chi connectivity index (χ3n) is 3.33. The highest BCUT2D eigenvalue weighted by Gasteiger charge is 2.20. The molecule has 0 saturated heterocycles. The van der Waals surface area contributed by atoms with Gasteiger partial charge in [0.2, 0.25) is 0 Å². The maximum absolute atomic E-state index is 6.43. The Morgan fingerprint density at radius 3 is 2.48 bits per heavy atom. The molecule has 1 N–H and O–H groups in total. The van der Waals surface area contributed by atoms with Gasteiger partial charge >= 0.3 is 0 Å². The van der Waals surface area contributed by atoms with E-state index in [-0.39, 0.29) is 6.04 Å². The zero-order valence-corrected chi connectivity index (χ0v) is 14.5. The molecule has 1 atom stereocenters. The molecular formula is C16H17BrClNO2. The van der Waals surface area contributed by atoms with Crippen molar-refractivity contribution in [3.8, 4) is 11.5 Å². The highest BCUT2D eigenvalue weighted by atomic mass is 79.9. The van der Waals surface area contributed by atoms with Crippen LogP contribution in [0.25, 0.3) is 0 Å². The first-order valence-electron chi connectivity index (χ1n) is 6.45. The van der Waals surface area contributed by atoms with Crippen molar-refractivity contribution >= 4 is 27.5 Å². The molecular weight excluding hydrogens is 354 g/mol. The van der Waals surface area contributed by atoms with Gasteiger partial charge in [0.05, 0.1) is 25.3 Å². The number of methoxy groups -OCH3 is 2. The second kappa shape index (κ2) is 7.16. The van der Waals surface area contributed by atoms with Crippen LogP contribution in [-0.2, 0) is 0 Å². The molecule has 0 amide bonds. The van der Waals surface area contributed by atoms with Crippen LogP contribution in [0.15, 0.2) is 40.9 Å². The van der Waals surface area contributed by atoms with Crippen molar-refractivity contribution in [2.45, 2.75) is 6.04 Å². The summed E-state index contributed by atoms with van der Waals surface area (Å²) in [5, 5.41) is 3.97. The summed E-state index contributed by atoms with van der Waals surface area (Å²) in [6, 6.07) is 11.5. The van der Waals surface area contributed by atoms with Gasteiger partial charge in [0.25, 0.3) is 0 Å². The van der Waals surface area contributed by atoms with E-state index in [4.69, 9.17) is 21.1 Å². The predicted octanol–water partition coefficient (Wildman–Crippen LogP) is 4.43. The molecule has 5 heteroatoms. The van der Waals surface area contributed by atoms with Gasteiger partial charge in [-0.05, 0) is 52.8 Å². The predicted molar refractivity (Wildman–Crippen MR) is 89.6 cm³/mol. The van der Waals surface area contributed by atoms with Crippen molar-refractivity contribution in [1.29, 1.82) is 0 Å². The van der Waals surface area contributed by atoms with Crippen LogP contribution in [-0.4, -0.2) is 21.3 Å². The molecule has 1 unspecified atom stereocenters. The van der Waals surface area contributed by atoms with E-state index in [0.717, 1.165) is 27.1 Å². The van der Waals surface area contributed by atoms with E-state index >= 15 is 0 Å². The van der Waals surface area contributed by atoms with Crippen LogP contribution in [0.5, 0.6) is 11.5 Å².